The van der Waals surface area contributed by atoms with Crippen molar-refractivity contribution in [2.24, 2.45) is 17.8 Å². The fraction of sp³-hybridized carbons (Fsp3) is 0.500. The van der Waals surface area contributed by atoms with Crippen LogP contribution in [0.5, 0.6) is 0 Å². The minimum absolute atomic E-state index is 0.200. The van der Waals surface area contributed by atoms with Crippen LogP contribution in [0.1, 0.15) is 49.8 Å². The summed E-state index contributed by atoms with van der Waals surface area (Å²) in [5.74, 6) is 2.52. The lowest BCUT2D eigenvalue weighted by molar-refractivity contribution is -0.137. The Hall–Kier alpha value is -1.82. The number of imidazole rings is 1. The molecule has 7 rings (SSSR count). The van der Waals surface area contributed by atoms with E-state index >= 15 is 0 Å². The van der Waals surface area contributed by atoms with Crippen LogP contribution in [-0.2, 0) is 11.6 Å². The van der Waals surface area contributed by atoms with Gasteiger partial charge in [0, 0.05) is 17.0 Å². The summed E-state index contributed by atoms with van der Waals surface area (Å²) in [7, 11) is 0. The molecular formula is C22H21F3N2S. The highest BCUT2D eigenvalue weighted by Crippen LogP contribution is 2.60. The lowest BCUT2D eigenvalue weighted by Crippen LogP contribution is -2.48. The first-order valence-corrected chi connectivity index (χ1v) is 10.9. The second-order valence-electron chi connectivity index (χ2n) is 9.18. The first kappa shape index (κ1) is 17.1. The standard InChI is InChI=1S/C22H21F3N2S/c23-22(24,25)17-3-1-2-16(7-17)18-12-28-20-26-19(11-27(18)20)21-8-13-4-14(9-21)6-15(5-13)10-21/h1-3,7,11-15H,4-6,8-10H2. The van der Waals surface area contributed by atoms with E-state index in [1.165, 1.54) is 67.7 Å². The monoisotopic (exact) mass is 402 g/mol. The van der Waals surface area contributed by atoms with Gasteiger partial charge in [-0.05, 0) is 74.0 Å². The minimum atomic E-state index is -4.33. The molecule has 4 bridgehead atoms. The lowest BCUT2D eigenvalue weighted by atomic mass is 9.49. The molecule has 6 heteroatoms. The number of halogens is 3. The van der Waals surface area contributed by atoms with Gasteiger partial charge in [0.2, 0.25) is 0 Å². The lowest BCUT2D eigenvalue weighted by Gasteiger charge is -2.56. The third-order valence-electron chi connectivity index (χ3n) is 7.28. The van der Waals surface area contributed by atoms with E-state index in [0.717, 1.165) is 34.5 Å². The fourth-order valence-electron chi connectivity index (χ4n) is 6.53. The van der Waals surface area contributed by atoms with Crippen LogP contribution in [0.4, 0.5) is 13.2 Å². The summed E-state index contributed by atoms with van der Waals surface area (Å²) in [5, 5.41) is 1.92. The van der Waals surface area contributed by atoms with Crippen molar-refractivity contribution in [2.45, 2.75) is 50.1 Å². The SMILES string of the molecule is FC(F)(F)c1cccc(-c2csc3nc(C45CC6CC(CC(C6)C4)C5)cn23)c1. The molecular weight excluding hydrogens is 381 g/mol. The highest BCUT2D eigenvalue weighted by molar-refractivity contribution is 7.15. The molecule has 2 aromatic heterocycles. The van der Waals surface area contributed by atoms with Gasteiger partial charge in [0.15, 0.2) is 4.96 Å². The second kappa shape index (κ2) is 5.62. The van der Waals surface area contributed by atoms with Gasteiger partial charge < -0.3 is 0 Å². The highest BCUT2D eigenvalue weighted by Gasteiger charge is 2.52. The van der Waals surface area contributed by atoms with Gasteiger partial charge in [-0.2, -0.15) is 13.2 Å². The average molecular weight is 402 g/mol. The predicted octanol–water partition coefficient (Wildman–Crippen LogP) is 6.55. The van der Waals surface area contributed by atoms with Gasteiger partial charge in [-0.25, -0.2) is 4.98 Å². The van der Waals surface area contributed by atoms with Gasteiger partial charge in [0.1, 0.15) is 0 Å². The van der Waals surface area contributed by atoms with E-state index in [9.17, 15) is 13.2 Å². The largest absolute Gasteiger partial charge is 0.416 e. The molecule has 0 aliphatic heterocycles. The molecule has 1 aromatic carbocycles. The van der Waals surface area contributed by atoms with Crippen molar-refractivity contribution in [1.29, 1.82) is 0 Å². The Kier molecular flexibility index (Phi) is 3.43. The molecule has 4 saturated carbocycles. The molecule has 4 aliphatic carbocycles. The number of hydrogen-bond donors (Lipinski definition) is 0. The van der Waals surface area contributed by atoms with E-state index in [1.54, 1.807) is 6.07 Å². The average Bonchev–Trinajstić information content (AvgIpc) is 3.21. The van der Waals surface area contributed by atoms with Crippen LogP contribution in [0.25, 0.3) is 16.2 Å². The van der Waals surface area contributed by atoms with Crippen molar-refractivity contribution >= 4 is 16.3 Å². The smallest absolute Gasteiger partial charge is 0.290 e. The first-order chi connectivity index (χ1) is 13.4. The van der Waals surface area contributed by atoms with Gasteiger partial charge >= 0.3 is 6.18 Å². The third-order valence-corrected chi connectivity index (χ3v) is 8.12. The minimum Gasteiger partial charge on any atom is -0.290 e. The van der Waals surface area contributed by atoms with Gasteiger partial charge in [0.25, 0.3) is 0 Å². The first-order valence-electron chi connectivity index (χ1n) is 10.0. The Morgan fingerprint density at radius 2 is 1.71 bits per heavy atom. The topological polar surface area (TPSA) is 17.3 Å². The molecule has 0 spiro atoms. The van der Waals surface area contributed by atoms with Gasteiger partial charge in [0.05, 0.1) is 17.0 Å². The Balaban J connectivity index is 1.42. The van der Waals surface area contributed by atoms with Crippen LogP contribution in [0.15, 0.2) is 35.8 Å². The molecule has 0 amide bonds. The molecule has 28 heavy (non-hydrogen) atoms. The highest BCUT2D eigenvalue weighted by atomic mass is 32.1. The molecule has 4 aliphatic rings. The Morgan fingerprint density at radius 1 is 1.04 bits per heavy atom. The number of aromatic nitrogens is 2. The van der Waals surface area contributed by atoms with Crippen LogP contribution in [0, 0.1) is 17.8 Å². The number of benzene rings is 1. The number of alkyl halides is 3. The van der Waals surface area contributed by atoms with Crippen molar-refractivity contribution in [3.8, 4) is 11.3 Å². The van der Waals surface area contributed by atoms with Gasteiger partial charge in [-0.15, -0.1) is 11.3 Å². The molecule has 0 radical (unpaired) electrons. The van der Waals surface area contributed by atoms with E-state index in [2.05, 4.69) is 6.20 Å². The normalized spacial score (nSPS) is 31.8. The van der Waals surface area contributed by atoms with E-state index in [4.69, 9.17) is 4.98 Å². The molecule has 4 fully saturated rings. The molecule has 2 heterocycles. The molecule has 146 valence electrons. The maximum atomic E-state index is 13.1. The van der Waals surface area contributed by atoms with Crippen molar-refractivity contribution in [3.63, 3.8) is 0 Å². The van der Waals surface area contributed by atoms with E-state index in [0.29, 0.717) is 5.56 Å². The zero-order valence-electron chi connectivity index (χ0n) is 15.4. The van der Waals surface area contributed by atoms with E-state index < -0.39 is 11.7 Å². The van der Waals surface area contributed by atoms with Gasteiger partial charge in [-0.1, -0.05) is 12.1 Å². The molecule has 0 N–H and O–H groups in total. The van der Waals surface area contributed by atoms with Crippen LogP contribution < -0.4 is 0 Å². The number of nitrogens with zero attached hydrogens (tertiary/aromatic N) is 2. The number of thiazole rings is 1. The van der Waals surface area contributed by atoms with Crippen molar-refractivity contribution in [2.75, 3.05) is 0 Å². The van der Waals surface area contributed by atoms with Crippen LogP contribution >= 0.6 is 11.3 Å². The van der Waals surface area contributed by atoms with E-state index in [1.807, 2.05) is 9.78 Å². The molecule has 2 nitrogen and oxygen atoms in total. The van der Waals surface area contributed by atoms with Crippen LogP contribution in [0.2, 0.25) is 0 Å². The van der Waals surface area contributed by atoms with Crippen LogP contribution in [0.3, 0.4) is 0 Å². The molecule has 3 aromatic rings. The van der Waals surface area contributed by atoms with Crippen molar-refractivity contribution in [3.05, 3.63) is 47.1 Å². The van der Waals surface area contributed by atoms with Gasteiger partial charge in [-0.3, -0.25) is 4.40 Å². The predicted molar refractivity (Wildman–Crippen MR) is 103 cm³/mol. The van der Waals surface area contributed by atoms with E-state index in [-0.39, 0.29) is 5.41 Å². The zero-order valence-corrected chi connectivity index (χ0v) is 16.2. The summed E-state index contributed by atoms with van der Waals surface area (Å²) < 4.78 is 41.4. The maximum absolute atomic E-state index is 13.1. The molecule has 0 saturated heterocycles. The number of rotatable bonds is 2. The summed E-state index contributed by atoms with van der Waals surface area (Å²) in [5.41, 5.74) is 2.16. The molecule has 0 unspecified atom stereocenters. The third kappa shape index (κ3) is 2.49. The Morgan fingerprint density at radius 3 is 2.36 bits per heavy atom. The summed E-state index contributed by atoms with van der Waals surface area (Å²) in [6, 6.07) is 5.60. The zero-order chi connectivity index (χ0) is 19.1. The maximum Gasteiger partial charge on any atom is 0.416 e. The summed E-state index contributed by atoms with van der Waals surface area (Å²) >= 11 is 1.52. The molecule has 0 atom stereocenters. The fourth-order valence-corrected chi connectivity index (χ4v) is 7.41. The summed E-state index contributed by atoms with van der Waals surface area (Å²) in [6.07, 6.45) is 5.66. The summed E-state index contributed by atoms with van der Waals surface area (Å²) in [4.78, 5) is 5.87. The number of fused-ring (bicyclic) bond motifs is 1. The summed E-state index contributed by atoms with van der Waals surface area (Å²) in [6.45, 7) is 0. The van der Waals surface area contributed by atoms with Crippen molar-refractivity contribution < 1.29 is 13.2 Å². The van der Waals surface area contributed by atoms with Crippen molar-refractivity contribution in [1.82, 2.24) is 9.38 Å². The quantitative estimate of drug-likeness (QED) is 0.475. The Bertz CT molecular complexity index is 1030. The second-order valence-corrected chi connectivity index (χ2v) is 10.0. The van der Waals surface area contributed by atoms with Crippen LogP contribution in [-0.4, -0.2) is 9.38 Å². The number of hydrogen-bond acceptors (Lipinski definition) is 2. The Labute approximate surface area is 165 Å².